The van der Waals surface area contributed by atoms with Gasteiger partial charge in [-0.2, -0.15) is 0 Å². The number of hydrogen-bond donors (Lipinski definition) is 2. The molecule has 0 aromatic carbocycles. The van der Waals surface area contributed by atoms with E-state index in [1.165, 1.54) is 150 Å². The zero-order chi connectivity index (χ0) is 25.0. The first-order chi connectivity index (χ1) is 16.7. The SMILES string of the molecule is CCCCCCCCCCCCSSNC(=O)C(=O)NSSCCCCCCCCCCCC. The van der Waals surface area contributed by atoms with Gasteiger partial charge in [0.2, 0.25) is 0 Å². The van der Waals surface area contributed by atoms with Gasteiger partial charge in [0.05, 0.1) is 0 Å². The lowest BCUT2D eigenvalue weighted by molar-refractivity contribution is -0.136. The van der Waals surface area contributed by atoms with Gasteiger partial charge in [0, 0.05) is 33.5 Å². The molecule has 0 heterocycles. The summed E-state index contributed by atoms with van der Waals surface area (Å²) >= 11 is 0. The maximum Gasteiger partial charge on any atom is 0.320 e. The lowest BCUT2D eigenvalue weighted by Gasteiger charge is -2.05. The van der Waals surface area contributed by atoms with Crippen LogP contribution in [0.1, 0.15) is 142 Å². The summed E-state index contributed by atoms with van der Waals surface area (Å²) in [6, 6.07) is 0. The molecule has 4 nitrogen and oxygen atoms in total. The van der Waals surface area contributed by atoms with Crippen molar-refractivity contribution >= 4 is 55.4 Å². The molecule has 0 atom stereocenters. The first kappa shape index (κ1) is 34.3. The van der Waals surface area contributed by atoms with E-state index in [9.17, 15) is 9.59 Å². The summed E-state index contributed by atoms with van der Waals surface area (Å²) in [4.78, 5) is 23.6. The molecule has 8 heteroatoms. The van der Waals surface area contributed by atoms with Crippen molar-refractivity contribution in [3.8, 4) is 0 Å². The fraction of sp³-hybridized carbons (Fsp3) is 0.923. The van der Waals surface area contributed by atoms with E-state index < -0.39 is 11.8 Å². The second-order valence-electron chi connectivity index (χ2n) is 9.04. The fourth-order valence-electron chi connectivity index (χ4n) is 3.61. The minimum absolute atomic E-state index is 0.562. The number of carbonyl (C=O) groups excluding carboxylic acids is 2. The van der Waals surface area contributed by atoms with Crippen molar-refractivity contribution in [1.29, 1.82) is 0 Å². The molecule has 0 fully saturated rings. The van der Waals surface area contributed by atoms with Crippen LogP contribution in [0.25, 0.3) is 0 Å². The summed E-state index contributed by atoms with van der Waals surface area (Å²) in [5, 5.41) is 0. The van der Waals surface area contributed by atoms with Crippen molar-refractivity contribution in [2.45, 2.75) is 142 Å². The van der Waals surface area contributed by atoms with Crippen molar-refractivity contribution in [1.82, 2.24) is 9.44 Å². The molecular weight excluding hydrogens is 501 g/mol. The third-order valence-corrected chi connectivity index (χ3v) is 9.65. The lowest BCUT2D eigenvalue weighted by Crippen LogP contribution is -2.32. The van der Waals surface area contributed by atoms with E-state index in [4.69, 9.17) is 0 Å². The van der Waals surface area contributed by atoms with Crippen LogP contribution in [0.2, 0.25) is 0 Å². The van der Waals surface area contributed by atoms with Gasteiger partial charge in [-0.3, -0.25) is 19.0 Å². The number of nitrogens with one attached hydrogen (secondary N) is 2. The van der Waals surface area contributed by atoms with Crippen LogP contribution < -0.4 is 9.44 Å². The highest BCUT2D eigenvalue weighted by Crippen LogP contribution is 2.22. The molecule has 0 aromatic heterocycles. The van der Waals surface area contributed by atoms with E-state index in [2.05, 4.69) is 23.3 Å². The summed E-state index contributed by atoms with van der Waals surface area (Å²) in [5.41, 5.74) is 0. The number of unbranched alkanes of at least 4 members (excludes halogenated alkanes) is 18. The Kier molecular flexibility index (Phi) is 29.9. The average Bonchev–Trinajstić information content (AvgIpc) is 2.84. The minimum atomic E-state index is -0.562. The maximum absolute atomic E-state index is 11.8. The zero-order valence-electron chi connectivity index (χ0n) is 22.0. The van der Waals surface area contributed by atoms with Crippen molar-refractivity contribution in [3.05, 3.63) is 0 Å². The molecule has 34 heavy (non-hydrogen) atoms. The molecule has 0 radical (unpaired) electrons. The van der Waals surface area contributed by atoms with Crippen LogP contribution in [0, 0.1) is 0 Å². The quantitative estimate of drug-likeness (QED) is 0.0482. The number of hydrogen-bond acceptors (Lipinski definition) is 6. The summed E-state index contributed by atoms with van der Waals surface area (Å²) in [5.74, 6) is 0.888. The highest BCUT2D eigenvalue weighted by Gasteiger charge is 2.13. The van der Waals surface area contributed by atoms with Crippen LogP contribution in [0.15, 0.2) is 0 Å². The first-order valence-corrected chi connectivity index (χ1v) is 18.5. The van der Waals surface area contributed by atoms with E-state index in [1.54, 1.807) is 21.6 Å². The number of rotatable bonds is 26. The monoisotopic (exact) mass is 552 g/mol. The van der Waals surface area contributed by atoms with Crippen LogP contribution in [0.4, 0.5) is 0 Å². The third-order valence-electron chi connectivity index (χ3n) is 5.76. The topological polar surface area (TPSA) is 58.2 Å². The molecule has 0 aromatic rings. The zero-order valence-corrected chi connectivity index (χ0v) is 25.3. The second-order valence-corrected chi connectivity index (χ2v) is 13.5. The molecule has 0 aliphatic rings. The Balaban J connectivity index is 3.29. The molecule has 0 rings (SSSR count). The minimum Gasteiger partial charge on any atom is -0.283 e. The summed E-state index contributed by atoms with van der Waals surface area (Å²) in [7, 11) is 5.78. The van der Waals surface area contributed by atoms with Crippen molar-refractivity contribution in [2.24, 2.45) is 0 Å². The summed E-state index contributed by atoms with van der Waals surface area (Å²) in [6.07, 6.45) is 26.6. The second kappa shape index (κ2) is 29.6. The first-order valence-electron chi connectivity index (χ1n) is 13.9. The molecule has 0 saturated carbocycles. The van der Waals surface area contributed by atoms with Crippen LogP contribution >= 0.6 is 43.5 Å². The Bertz CT molecular complexity index is 417. The normalized spacial score (nSPS) is 11.0. The fourth-order valence-corrected chi connectivity index (χ4v) is 6.89. The Morgan fingerprint density at radius 1 is 0.441 bits per heavy atom. The standard InChI is InChI=1S/C26H52N2O2S4/c1-3-5-7-9-11-13-15-17-19-21-23-31-33-27-25(29)26(30)28-34-32-24-22-20-18-16-14-12-10-8-6-4-2/h3-24H2,1-2H3,(H,27,29)(H,28,30). The molecule has 0 saturated heterocycles. The van der Waals surface area contributed by atoms with E-state index in [1.807, 2.05) is 0 Å². The van der Waals surface area contributed by atoms with Crippen LogP contribution in [-0.2, 0) is 9.59 Å². The molecule has 0 aliphatic carbocycles. The maximum atomic E-state index is 11.8. The van der Waals surface area contributed by atoms with Crippen LogP contribution in [0.3, 0.4) is 0 Å². The highest BCUT2D eigenvalue weighted by molar-refractivity contribution is 8.76. The Labute approximate surface area is 227 Å². The van der Waals surface area contributed by atoms with Gasteiger partial charge in [-0.25, -0.2) is 0 Å². The largest absolute Gasteiger partial charge is 0.320 e. The molecule has 0 aliphatic heterocycles. The van der Waals surface area contributed by atoms with Gasteiger partial charge in [0.25, 0.3) is 0 Å². The smallest absolute Gasteiger partial charge is 0.283 e. The number of carbonyl (C=O) groups is 2. The molecule has 2 amide bonds. The molecule has 2 N–H and O–H groups in total. The van der Waals surface area contributed by atoms with Crippen LogP contribution in [-0.4, -0.2) is 23.3 Å². The Morgan fingerprint density at radius 2 is 0.706 bits per heavy atom. The van der Waals surface area contributed by atoms with E-state index in [-0.39, 0.29) is 0 Å². The molecule has 0 spiro atoms. The van der Waals surface area contributed by atoms with Gasteiger partial charge in [0.1, 0.15) is 0 Å². The van der Waals surface area contributed by atoms with Gasteiger partial charge in [0.15, 0.2) is 0 Å². The molecular formula is C26H52N2O2S4. The Morgan fingerprint density at radius 3 is 1.00 bits per heavy atom. The van der Waals surface area contributed by atoms with Crippen molar-refractivity contribution in [3.63, 3.8) is 0 Å². The van der Waals surface area contributed by atoms with Gasteiger partial charge in [-0.1, -0.05) is 151 Å². The summed E-state index contributed by atoms with van der Waals surface area (Å²) < 4.78 is 5.24. The average molecular weight is 553 g/mol. The highest BCUT2D eigenvalue weighted by atomic mass is 33.1. The Hall–Kier alpha value is 0.340. The van der Waals surface area contributed by atoms with Gasteiger partial charge < -0.3 is 0 Å². The van der Waals surface area contributed by atoms with Crippen LogP contribution in [0.5, 0.6) is 0 Å². The predicted molar refractivity (Wildman–Crippen MR) is 160 cm³/mol. The van der Waals surface area contributed by atoms with Crippen molar-refractivity contribution in [2.75, 3.05) is 11.5 Å². The van der Waals surface area contributed by atoms with E-state index in [0.717, 1.165) is 11.5 Å². The molecule has 202 valence electrons. The van der Waals surface area contributed by atoms with Gasteiger partial charge in [-0.15, -0.1) is 0 Å². The van der Waals surface area contributed by atoms with Crippen molar-refractivity contribution < 1.29 is 9.59 Å². The lowest BCUT2D eigenvalue weighted by atomic mass is 10.1. The number of amides is 2. The molecule has 0 bridgehead atoms. The van der Waals surface area contributed by atoms with E-state index >= 15 is 0 Å². The third kappa shape index (κ3) is 26.9. The summed E-state index contributed by atoms with van der Waals surface area (Å²) in [6.45, 7) is 4.52. The predicted octanol–water partition coefficient (Wildman–Crippen LogP) is 9.65. The van der Waals surface area contributed by atoms with Gasteiger partial charge in [-0.05, 0) is 12.8 Å². The van der Waals surface area contributed by atoms with E-state index in [0.29, 0.717) is 0 Å². The van der Waals surface area contributed by atoms with Gasteiger partial charge >= 0.3 is 11.8 Å². The molecule has 0 unspecified atom stereocenters.